The number of aromatic nitrogens is 4. The van der Waals surface area contributed by atoms with Crippen LogP contribution in [0.2, 0.25) is 0 Å². The van der Waals surface area contributed by atoms with Crippen LogP contribution in [0.3, 0.4) is 0 Å². The third-order valence-electron chi connectivity index (χ3n) is 7.16. The molecule has 0 bridgehead atoms. The molecule has 8 nitrogen and oxygen atoms in total. The topological polar surface area (TPSA) is 101 Å². The molecule has 220 valence electrons. The number of fused-ring (bicyclic) bond motifs is 1. The highest BCUT2D eigenvalue weighted by molar-refractivity contribution is 5.92. The normalized spacial score (nSPS) is 11.7. The van der Waals surface area contributed by atoms with E-state index in [2.05, 4.69) is 48.2 Å². The summed E-state index contributed by atoms with van der Waals surface area (Å²) < 4.78 is 6.92. The molecule has 0 unspecified atom stereocenters. The van der Waals surface area contributed by atoms with Crippen molar-refractivity contribution in [2.24, 2.45) is 0 Å². The average molecular weight is 552 g/mol. The molecule has 2 N–H and O–H groups in total. The van der Waals surface area contributed by atoms with Crippen LogP contribution in [0.4, 0.5) is 5.69 Å². The van der Waals surface area contributed by atoms with Crippen molar-refractivity contribution in [3.05, 3.63) is 36.0 Å². The van der Waals surface area contributed by atoms with Crippen LogP contribution in [0.25, 0.3) is 17.0 Å². The Morgan fingerprint density at radius 2 is 1.45 bits per heavy atom. The molecule has 1 aromatic carbocycles. The molecule has 0 aliphatic heterocycles. The summed E-state index contributed by atoms with van der Waals surface area (Å²) in [6.45, 7) is 9.05. The van der Waals surface area contributed by atoms with Gasteiger partial charge in [0.15, 0.2) is 11.5 Å². The number of rotatable bonds is 18. The summed E-state index contributed by atoms with van der Waals surface area (Å²) in [6, 6.07) is 9.44. The Balaban J connectivity index is 1.24. The van der Waals surface area contributed by atoms with E-state index in [0.29, 0.717) is 18.1 Å². The second-order valence-electron chi connectivity index (χ2n) is 11.9. The summed E-state index contributed by atoms with van der Waals surface area (Å²) in [5.41, 5.74) is 3.33. The first kappa shape index (κ1) is 31.4. The van der Waals surface area contributed by atoms with Crippen molar-refractivity contribution in [2.45, 2.75) is 123 Å². The maximum Gasteiger partial charge on any atom is 0.306 e. The lowest BCUT2D eigenvalue weighted by molar-refractivity contribution is -0.144. The predicted molar refractivity (Wildman–Crippen MR) is 161 cm³/mol. The molecule has 1 amide bonds. The van der Waals surface area contributed by atoms with Gasteiger partial charge in [-0.15, -0.1) is 9.73 Å². The van der Waals surface area contributed by atoms with Crippen LogP contribution < -0.4 is 5.32 Å². The van der Waals surface area contributed by atoms with Gasteiger partial charge in [-0.2, -0.15) is 5.10 Å². The van der Waals surface area contributed by atoms with Gasteiger partial charge in [-0.3, -0.25) is 9.59 Å². The molecule has 0 aliphatic carbocycles. The highest BCUT2D eigenvalue weighted by Gasteiger charge is 2.19. The number of H-pyrrole nitrogens is 1. The Bertz CT molecular complexity index is 1140. The van der Waals surface area contributed by atoms with Crippen LogP contribution in [0.5, 0.6) is 0 Å². The number of aromatic amines is 1. The van der Waals surface area contributed by atoms with Crippen molar-refractivity contribution >= 4 is 23.2 Å². The number of hydrogen-bond acceptors (Lipinski definition) is 5. The van der Waals surface area contributed by atoms with E-state index in [1.165, 1.54) is 64.2 Å². The smallest absolute Gasteiger partial charge is 0.306 e. The van der Waals surface area contributed by atoms with Gasteiger partial charge in [-0.25, -0.2) is 0 Å². The van der Waals surface area contributed by atoms with Gasteiger partial charge in [-0.1, -0.05) is 98.3 Å². The number of unbranched alkanes of at least 4 members (excludes halogenated alkanes) is 11. The zero-order chi connectivity index (χ0) is 28.8. The van der Waals surface area contributed by atoms with Gasteiger partial charge in [0, 0.05) is 29.2 Å². The lowest BCUT2D eigenvalue weighted by atomic mass is 9.93. The SMILES string of the molecule is CCCCCCCCCCCCCCOC(=O)CCC(=O)Nc1ccc(-c2nn3nc(C(C)(C)C)cc3[nH]2)cc1. The van der Waals surface area contributed by atoms with Crippen LogP contribution in [-0.2, 0) is 19.7 Å². The lowest BCUT2D eigenvalue weighted by Gasteiger charge is -2.13. The molecule has 0 radical (unpaired) electrons. The minimum atomic E-state index is -0.314. The van der Waals surface area contributed by atoms with Gasteiger partial charge in [0.2, 0.25) is 5.91 Å². The zero-order valence-corrected chi connectivity index (χ0v) is 25.1. The molecule has 8 heteroatoms. The molecular formula is C32H49N5O3. The van der Waals surface area contributed by atoms with Gasteiger partial charge >= 0.3 is 5.97 Å². The lowest BCUT2D eigenvalue weighted by Crippen LogP contribution is -2.14. The molecular weight excluding hydrogens is 502 g/mol. The number of benzene rings is 1. The summed E-state index contributed by atoms with van der Waals surface area (Å²) in [4.78, 5) is 27.6. The minimum absolute atomic E-state index is 0.0442. The van der Waals surface area contributed by atoms with Crippen molar-refractivity contribution in [3.63, 3.8) is 0 Å². The fourth-order valence-electron chi connectivity index (χ4n) is 4.62. The Kier molecular flexibility index (Phi) is 12.7. The van der Waals surface area contributed by atoms with Crippen molar-refractivity contribution in [1.82, 2.24) is 19.8 Å². The van der Waals surface area contributed by atoms with Crippen molar-refractivity contribution in [3.8, 4) is 11.4 Å². The van der Waals surface area contributed by atoms with E-state index in [1.54, 1.807) is 4.63 Å². The zero-order valence-electron chi connectivity index (χ0n) is 25.1. The van der Waals surface area contributed by atoms with E-state index >= 15 is 0 Å². The van der Waals surface area contributed by atoms with Crippen LogP contribution in [0.1, 0.15) is 123 Å². The van der Waals surface area contributed by atoms with E-state index < -0.39 is 0 Å². The number of esters is 1. The third kappa shape index (κ3) is 10.8. The summed E-state index contributed by atoms with van der Waals surface area (Å²) in [7, 11) is 0. The Labute approximate surface area is 239 Å². The highest BCUT2D eigenvalue weighted by atomic mass is 16.5. The Hall–Kier alpha value is -3.16. The van der Waals surface area contributed by atoms with E-state index in [-0.39, 0.29) is 30.1 Å². The molecule has 0 atom stereocenters. The molecule has 3 rings (SSSR count). The van der Waals surface area contributed by atoms with Gasteiger partial charge in [-0.05, 0) is 30.7 Å². The summed E-state index contributed by atoms with van der Waals surface area (Å²) in [6.07, 6.45) is 15.5. The summed E-state index contributed by atoms with van der Waals surface area (Å²) >= 11 is 0. The molecule has 0 fully saturated rings. The molecule has 40 heavy (non-hydrogen) atoms. The number of nitrogens with zero attached hydrogens (tertiary/aromatic N) is 3. The quantitative estimate of drug-likeness (QED) is 0.123. The summed E-state index contributed by atoms with van der Waals surface area (Å²) in [5.74, 6) is 0.184. The fourth-order valence-corrected chi connectivity index (χ4v) is 4.62. The van der Waals surface area contributed by atoms with Gasteiger partial charge in [0.25, 0.3) is 0 Å². The Morgan fingerprint density at radius 1 is 0.850 bits per heavy atom. The van der Waals surface area contributed by atoms with Gasteiger partial charge in [0.1, 0.15) is 0 Å². The standard InChI is InChI=1S/C32H49N5O3/c1-5-6-7-8-9-10-11-12-13-14-15-16-23-40-30(39)22-21-29(38)33-26-19-17-25(18-20-26)31-34-28-24-27(32(2,3)4)35-37(28)36-31/h17-20,24H,5-16,21-23H2,1-4H3,(H,33,38)(H,34,36). The van der Waals surface area contributed by atoms with E-state index in [9.17, 15) is 9.59 Å². The maximum absolute atomic E-state index is 12.3. The molecule has 3 aromatic rings. The summed E-state index contributed by atoms with van der Waals surface area (Å²) in [5, 5.41) is 11.9. The number of amides is 1. The minimum Gasteiger partial charge on any atom is -0.466 e. The number of hydrogen-bond donors (Lipinski definition) is 2. The van der Waals surface area contributed by atoms with Crippen molar-refractivity contribution in [1.29, 1.82) is 0 Å². The van der Waals surface area contributed by atoms with E-state index in [4.69, 9.17) is 4.74 Å². The highest BCUT2D eigenvalue weighted by Crippen LogP contribution is 2.24. The number of anilines is 1. The first-order valence-electron chi connectivity index (χ1n) is 15.3. The predicted octanol–water partition coefficient (Wildman–Crippen LogP) is 7.98. The van der Waals surface area contributed by atoms with Gasteiger partial charge in [0.05, 0.1) is 18.7 Å². The monoisotopic (exact) mass is 551 g/mol. The third-order valence-corrected chi connectivity index (χ3v) is 7.16. The fraction of sp³-hybridized carbons (Fsp3) is 0.625. The maximum atomic E-state index is 12.3. The number of carbonyl (C=O) groups excluding carboxylic acids is 2. The second-order valence-corrected chi connectivity index (χ2v) is 11.9. The number of ether oxygens (including phenoxy) is 1. The van der Waals surface area contributed by atoms with Gasteiger partial charge < -0.3 is 15.0 Å². The molecule has 2 heterocycles. The van der Waals surface area contributed by atoms with Crippen LogP contribution in [0.15, 0.2) is 30.3 Å². The first-order valence-corrected chi connectivity index (χ1v) is 15.3. The first-order chi connectivity index (χ1) is 19.3. The van der Waals surface area contributed by atoms with Crippen molar-refractivity contribution in [2.75, 3.05) is 11.9 Å². The average Bonchev–Trinajstić information content (AvgIpc) is 3.51. The molecule has 0 saturated carbocycles. The Morgan fingerprint density at radius 3 is 2.02 bits per heavy atom. The van der Waals surface area contributed by atoms with E-state index in [1.807, 2.05) is 30.3 Å². The van der Waals surface area contributed by atoms with Crippen LogP contribution in [0, 0.1) is 0 Å². The molecule has 2 aromatic heterocycles. The molecule has 0 saturated heterocycles. The number of nitrogens with one attached hydrogen (secondary N) is 2. The second kappa shape index (κ2) is 16.2. The van der Waals surface area contributed by atoms with Crippen LogP contribution in [-0.4, -0.2) is 38.3 Å². The molecule has 0 aliphatic rings. The largest absolute Gasteiger partial charge is 0.466 e. The molecule has 0 spiro atoms. The van der Waals surface area contributed by atoms with E-state index in [0.717, 1.165) is 29.7 Å². The van der Waals surface area contributed by atoms with Crippen molar-refractivity contribution < 1.29 is 14.3 Å². The number of carbonyl (C=O) groups is 2. The van der Waals surface area contributed by atoms with Crippen LogP contribution >= 0.6 is 0 Å².